The molecule has 3 atom stereocenters. The summed E-state index contributed by atoms with van der Waals surface area (Å²) in [4.78, 5) is 34.0. The van der Waals surface area contributed by atoms with Crippen LogP contribution in [0.5, 0.6) is 0 Å². The van der Waals surface area contributed by atoms with E-state index in [9.17, 15) is 31.9 Å². The zero-order valence-corrected chi connectivity index (χ0v) is 11.7. The number of amides is 1. The number of thioether (sulfide) groups is 1. The maximum atomic E-state index is 13.2. The number of rotatable bonds is 4. The molecule has 0 radical (unpaired) electrons. The van der Waals surface area contributed by atoms with E-state index in [1.54, 1.807) is 0 Å². The summed E-state index contributed by atoms with van der Waals surface area (Å²) in [7, 11) is 0. The van der Waals surface area contributed by atoms with Gasteiger partial charge in [-0.15, -0.1) is 0 Å². The second-order valence-corrected chi connectivity index (χ2v) is 5.77. The molecule has 0 bridgehead atoms. The number of hydrogen-bond acceptors (Lipinski definition) is 4. The fraction of sp³-hybridized carbons (Fsp3) is 0.727. The maximum Gasteiger partial charge on any atom is 0.401 e. The van der Waals surface area contributed by atoms with Crippen LogP contribution in [0, 0.1) is 5.92 Å². The first-order valence-electron chi connectivity index (χ1n) is 5.91. The van der Waals surface area contributed by atoms with Crippen LogP contribution in [-0.4, -0.2) is 57.7 Å². The lowest BCUT2D eigenvalue weighted by molar-refractivity contribution is -0.186. The number of carboxylic acids is 1. The van der Waals surface area contributed by atoms with Crippen LogP contribution in [0.4, 0.5) is 17.6 Å². The zero-order chi connectivity index (χ0) is 16.4. The first-order valence-corrected chi connectivity index (χ1v) is 6.90. The van der Waals surface area contributed by atoms with Crippen molar-refractivity contribution >= 4 is 28.8 Å². The van der Waals surface area contributed by atoms with Gasteiger partial charge in [0, 0.05) is 19.1 Å². The molecular weight excluding hydrogens is 318 g/mol. The fourth-order valence-corrected chi connectivity index (χ4v) is 2.70. The average molecular weight is 331 g/mol. The Bertz CT molecular complexity index is 442. The predicted octanol–water partition coefficient (Wildman–Crippen LogP) is 1.47. The third kappa shape index (κ3) is 4.58. The number of likely N-dealkylation sites (tertiary alicyclic amines) is 1. The number of nitrogens with zero attached hydrogens (tertiary/aromatic N) is 1. The summed E-state index contributed by atoms with van der Waals surface area (Å²) in [5.41, 5.74) is 0. The minimum absolute atomic E-state index is 0.316. The second-order valence-electron chi connectivity index (χ2n) is 4.57. The van der Waals surface area contributed by atoms with E-state index in [0.717, 1.165) is 6.92 Å². The van der Waals surface area contributed by atoms with Crippen LogP contribution in [0.2, 0.25) is 0 Å². The first kappa shape index (κ1) is 17.7. The van der Waals surface area contributed by atoms with Crippen molar-refractivity contribution in [1.29, 1.82) is 0 Å². The lowest BCUT2D eigenvalue weighted by Gasteiger charge is -2.27. The second kappa shape index (κ2) is 6.63. The van der Waals surface area contributed by atoms with Crippen LogP contribution in [0.3, 0.4) is 0 Å². The Morgan fingerprint density at radius 3 is 2.38 bits per heavy atom. The first-order chi connectivity index (χ1) is 9.54. The van der Waals surface area contributed by atoms with E-state index in [0.29, 0.717) is 16.7 Å². The molecule has 5 nitrogen and oxygen atoms in total. The van der Waals surface area contributed by atoms with E-state index < -0.39 is 60.0 Å². The van der Waals surface area contributed by atoms with E-state index in [-0.39, 0.29) is 0 Å². The maximum absolute atomic E-state index is 13.2. The van der Waals surface area contributed by atoms with Crippen LogP contribution in [-0.2, 0) is 14.4 Å². The van der Waals surface area contributed by atoms with E-state index in [1.807, 2.05) is 0 Å². The molecule has 10 heteroatoms. The molecule has 1 aliphatic rings. The Balaban J connectivity index is 2.93. The third-order valence-corrected chi connectivity index (χ3v) is 3.87. The molecule has 0 saturated carbocycles. The van der Waals surface area contributed by atoms with Gasteiger partial charge in [0.15, 0.2) is 5.12 Å². The smallest absolute Gasteiger partial charge is 0.401 e. The number of carboxylic acid groups (broad SMARTS) is 1. The molecule has 1 heterocycles. The molecule has 2 unspecified atom stereocenters. The topological polar surface area (TPSA) is 74.7 Å². The summed E-state index contributed by atoms with van der Waals surface area (Å²) in [6.45, 7) is 0.364. The number of carbonyl (C=O) groups is 3. The number of hydrogen-bond donors (Lipinski definition) is 1. The van der Waals surface area contributed by atoms with Crippen LogP contribution in [0.25, 0.3) is 0 Å². The Hall–Kier alpha value is -1.32. The van der Waals surface area contributed by atoms with Crippen molar-refractivity contribution in [2.45, 2.75) is 31.7 Å². The van der Waals surface area contributed by atoms with E-state index >= 15 is 0 Å². The van der Waals surface area contributed by atoms with Gasteiger partial charge in [-0.1, -0.05) is 11.8 Å². The molecule has 1 aliphatic heterocycles. The SMILES string of the molecule is CC(=O)SCC(C(=O)N1CC(F)C[C@H]1C(=O)O)C(F)(F)F. The van der Waals surface area contributed by atoms with Gasteiger partial charge in [0.05, 0.1) is 6.54 Å². The molecule has 21 heavy (non-hydrogen) atoms. The number of halogens is 4. The van der Waals surface area contributed by atoms with Crippen molar-refractivity contribution in [2.24, 2.45) is 5.92 Å². The third-order valence-electron chi connectivity index (χ3n) is 2.96. The molecule has 1 rings (SSSR count). The zero-order valence-electron chi connectivity index (χ0n) is 10.9. The summed E-state index contributed by atoms with van der Waals surface area (Å²) in [6, 6.07) is -1.61. The normalized spacial score (nSPS) is 24.0. The van der Waals surface area contributed by atoms with Gasteiger partial charge in [0.1, 0.15) is 18.1 Å². The van der Waals surface area contributed by atoms with Crippen molar-refractivity contribution in [2.75, 3.05) is 12.3 Å². The number of carbonyl (C=O) groups excluding carboxylic acids is 2. The van der Waals surface area contributed by atoms with Crippen LogP contribution in [0.15, 0.2) is 0 Å². The average Bonchev–Trinajstić information content (AvgIpc) is 2.69. The van der Waals surface area contributed by atoms with Crippen molar-refractivity contribution in [1.82, 2.24) is 4.90 Å². The van der Waals surface area contributed by atoms with Gasteiger partial charge in [-0.2, -0.15) is 13.2 Å². The summed E-state index contributed by atoms with van der Waals surface area (Å²) in [5, 5.41) is 8.25. The Morgan fingerprint density at radius 2 is 1.95 bits per heavy atom. The monoisotopic (exact) mass is 331 g/mol. The highest BCUT2D eigenvalue weighted by Crippen LogP contribution is 2.33. The lowest BCUT2D eigenvalue weighted by atomic mass is 10.1. The molecule has 1 fully saturated rings. The van der Waals surface area contributed by atoms with Crippen LogP contribution < -0.4 is 0 Å². The van der Waals surface area contributed by atoms with Crippen molar-refractivity contribution < 1.29 is 37.1 Å². The van der Waals surface area contributed by atoms with Gasteiger partial charge in [-0.05, 0) is 0 Å². The fourth-order valence-electron chi connectivity index (χ4n) is 1.97. The van der Waals surface area contributed by atoms with Gasteiger partial charge in [0.25, 0.3) is 0 Å². The van der Waals surface area contributed by atoms with Crippen LogP contribution >= 0.6 is 11.8 Å². The van der Waals surface area contributed by atoms with Gasteiger partial charge in [-0.3, -0.25) is 9.59 Å². The summed E-state index contributed by atoms with van der Waals surface area (Å²) in [6.07, 6.45) is -7.15. The van der Waals surface area contributed by atoms with Crippen molar-refractivity contribution in [3.05, 3.63) is 0 Å². The summed E-state index contributed by atoms with van der Waals surface area (Å²) in [5.74, 6) is -6.44. The predicted molar refractivity (Wildman–Crippen MR) is 65.3 cm³/mol. The molecule has 1 saturated heterocycles. The van der Waals surface area contributed by atoms with Gasteiger partial charge in [0.2, 0.25) is 5.91 Å². The number of alkyl halides is 4. The molecule has 0 aromatic carbocycles. The Morgan fingerprint density at radius 1 is 1.38 bits per heavy atom. The van der Waals surface area contributed by atoms with E-state index in [2.05, 4.69) is 0 Å². The molecule has 0 aromatic rings. The molecule has 0 aromatic heterocycles. The number of aliphatic carboxylic acids is 1. The quantitative estimate of drug-likeness (QED) is 0.790. The largest absolute Gasteiger partial charge is 0.480 e. The minimum Gasteiger partial charge on any atom is -0.480 e. The molecular formula is C11H13F4NO4S. The van der Waals surface area contributed by atoms with Gasteiger partial charge in [-0.25, -0.2) is 9.18 Å². The Labute approximate surface area is 121 Å². The lowest BCUT2D eigenvalue weighted by Crippen LogP contribution is -2.48. The van der Waals surface area contributed by atoms with Crippen molar-refractivity contribution in [3.63, 3.8) is 0 Å². The van der Waals surface area contributed by atoms with Crippen molar-refractivity contribution in [3.8, 4) is 0 Å². The highest BCUT2D eigenvalue weighted by Gasteiger charge is 2.50. The molecule has 1 amide bonds. The molecule has 0 aliphatic carbocycles. The van der Waals surface area contributed by atoms with Gasteiger partial charge < -0.3 is 10.0 Å². The van der Waals surface area contributed by atoms with Crippen LogP contribution in [0.1, 0.15) is 13.3 Å². The summed E-state index contributed by atoms with van der Waals surface area (Å²) >= 11 is 0.316. The standard InChI is InChI=1S/C11H13F4NO4S/c1-5(17)21-4-7(11(13,14)15)9(18)16-3-6(12)2-8(16)10(19)20/h6-8H,2-4H2,1H3,(H,19,20)/t6?,7?,8-/m0/s1. The molecule has 1 N–H and O–H groups in total. The van der Waals surface area contributed by atoms with Gasteiger partial charge >= 0.3 is 12.1 Å². The molecule has 0 spiro atoms. The highest BCUT2D eigenvalue weighted by molar-refractivity contribution is 8.13. The summed E-state index contributed by atoms with van der Waals surface area (Å²) < 4.78 is 51.9. The minimum atomic E-state index is -4.93. The van der Waals surface area contributed by atoms with E-state index in [1.165, 1.54) is 0 Å². The highest BCUT2D eigenvalue weighted by atomic mass is 32.2. The Kier molecular flexibility index (Phi) is 5.60. The van der Waals surface area contributed by atoms with E-state index in [4.69, 9.17) is 5.11 Å². The molecule has 120 valence electrons.